The second kappa shape index (κ2) is 12.3. The topological polar surface area (TPSA) is 18.5 Å². The minimum atomic E-state index is -0.988. The summed E-state index contributed by atoms with van der Waals surface area (Å²) in [6.45, 7) is 4.78. The van der Waals surface area contributed by atoms with Gasteiger partial charge in [-0.3, -0.25) is 0 Å². The Morgan fingerprint density at radius 2 is 1.67 bits per heavy atom. The molecule has 2 nitrogen and oxygen atoms in total. The summed E-state index contributed by atoms with van der Waals surface area (Å²) < 4.78 is 55.4. The maximum Gasteiger partial charge on any atom is 0.201 e. The summed E-state index contributed by atoms with van der Waals surface area (Å²) in [6, 6.07) is 15.3. The number of ether oxygens (including phenoxy) is 2. The molecule has 1 aliphatic heterocycles. The summed E-state index contributed by atoms with van der Waals surface area (Å²) in [6.07, 6.45) is 9.01. The number of hydrogen-bond donors (Lipinski definition) is 0. The van der Waals surface area contributed by atoms with Crippen LogP contribution in [0.1, 0.15) is 57.4 Å². The molecule has 1 fully saturated rings. The van der Waals surface area contributed by atoms with Gasteiger partial charge < -0.3 is 9.47 Å². The standard InChI is InChI=1S/C31H33F3O2/c1-3-5-6-7-25-14-12-24(20-36-25)26-15-13-23(19-28(26)32)21-8-10-22(11-9-21)27-16-17-29(35-18-4-2)31(34)30(27)33/h3,5,8-11,13,15-17,19,24-25H,4,6-7,12,14,18,20H2,1-2H3. The number of benzene rings is 3. The molecule has 2 unspecified atom stereocenters. The van der Waals surface area contributed by atoms with Gasteiger partial charge in [-0.15, -0.1) is 0 Å². The maximum absolute atomic E-state index is 15.1. The van der Waals surface area contributed by atoms with Gasteiger partial charge in [-0.2, -0.15) is 4.39 Å². The van der Waals surface area contributed by atoms with E-state index >= 15 is 4.39 Å². The molecule has 1 heterocycles. The Morgan fingerprint density at radius 3 is 2.33 bits per heavy atom. The Bertz CT molecular complexity index is 1180. The van der Waals surface area contributed by atoms with Crippen LogP contribution in [0.5, 0.6) is 5.75 Å². The zero-order chi connectivity index (χ0) is 25.5. The zero-order valence-corrected chi connectivity index (χ0v) is 20.9. The lowest BCUT2D eigenvalue weighted by Crippen LogP contribution is -2.25. The van der Waals surface area contributed by atoms with Gasteiger partial charge in [0.25, 0.3) is 0 Å². The normalized spacial score (nSPS) is 18.0. The van der Waals surface area contributed by atoms with E-state index in [0.29, 0.717) is 30.8 Å². The Balaban J connectivity index is 1.44. The number of allylic oxidation sites excluding steroid dienone is 2. The predicted molar refractivity (Wildman–Crippen MR) is 139 cm³/mol. The first-order valence-electron chi connectivity index (χ1n) is 12.8. The molecule has 190 valence electrons. The van der Waals surface area contributed by atoms with Crippen LogP contribution in [-0.2, 0) is 4.74 Å². The summed E-state index contributed by atoms with van der Waals surface area (Å²) in [5, 5.41) is 0. The van der Waals surface area contributed by atoms with E-state index in [4.69, 9.17) is 9.47 Å². The van der Waals surface area contributed by atoms with Crippen LogP contribution in [0.4, 0.5) is 13.2 Å². The Labute approximate surface area is 211 Å². The first kappa shape index (κ1) is 26.0. The lowest BCUT2D eigenvalue weighted by Gasteiger charge is -2.29. The van der Waals surface area contributed by atoms with Crippen LogP contribution in [0.2, 0.25) is 0 Å². The lowest BCUT2D eigenvalue weighted by molar-refractivity contribution is -0.000797. The fourth-order valence-corrected chi connectivity index (χ4v) is 4.69. The average molecular weight is 495 g/mol. The molecule has 1 aliphatic rings. The molecule has 0 radical (unpaired) electrons. The van der Waals surface area contributed by atoms with Crippen molar-refractivity contribution in [2.45, 2.75) is 58.0 Å². The molecular weight excluding hydrogens is 461 g/mol. The Morgan fingerprint density at radius 1 is 0.917 bits per heavy atom. The van der Waals surface area contributed by atoms with Crippen LogP contribution in [0.3, 0.4) is 0 Å². The fourth-order valence-electron chi connectivity index (χ4n) is 4.69. The van der Waals surface area contributed by atoms with Crippen molar-refractivity contribution < 1.29 is 22.6 Å². The molecule has 5 heteroatoms. The fraction of sp³-hybridized carbons (Fsp3) is 0.355. The monoisotopic (exact) mass is 494 g/mol. The highest BCUT2D eigenvalue weighted by atomic mass is 19.2. The van der Waals surface area contributed by atoms with Gasteiger partial charge in [0, 0.05) is 11.5 Å². The summed E-state index contributed by atoms with van der Waals surface area (Å²) in [7, 11) is 0. The summed E-state index contributed by atoms with van der Waals surface area (Å²) in [4.78, 5) is 0. The molecule has 0 saturated carbocycles. The van der Waals surface area contributed by atoms with Gasteiger partial charge in [0.1, 0.15) is 5.82 Å². The van der Waals surface area contributed by atoms with Gasteiger partial charge in [-0.1, -0.05) is 55.5 Å². The van der Waals surface area contributed by atoms with Crippen LogP contribution in [0.15, 0.2) is 66.7 Å². The second-order valence-corrected chi connectivity index (χ2v) is 9.28. The van der Waals surface area contributed by atoms with Gasteiger partial charge in [0.05, 0.1) is 19.3 Å². The van der Waals surface area contributed by atoms with E-state index in [1.165, 1.54) is 12.1 Å². The first-order chi connectivity index (χ1) is 17.5. The quantitative estimate of drug-likeness (QED) is 0.277. The van der Waals surface area contributed by atoms with E-state index in [2.05, 4.69) is 12.2 Å². The van der Waals surface area contributed by atoms with Crippen molar-refractivity contribution in [1.29, 1.82) is 0 Å². The second-order valence-electron chi connectivity index (χ2n) is 9.28. The van der Waals surface area contributed by atoms with E-state index in [1.54, 1.807) is 30.3 Å². The van der Waals surface area contributed by atoms with E-state index in [-0.39, 0.29) is 29.2 Å². The van der Waals surface area contributed by atoms with E-state index in [9.17, 15) is 8.78 Å². The molecule has 0 aliphatic carbocycles. The smallest absolute Gasteiger partial charge is 0.201 e. The highest BCUT2D eigenvalue weighted by molar-refractivity contribution is 5.71. The van der Waals surface area contributed by atoms with Crippen molar-refractivity contribution in [3.63, 3.8) is 0 Å². The third-order valence-electron chi connectivity index (χ3n) is 6.74. The maximum atomic E-state index is 15.1. The predicted octanol–water partition coefficient (Wildman–Crippen LogP) is 8.85. The molecule has 1 saturated heterocycles. The molecule has 0 aromatic heterocycles. The number of hydrogen-bond acceptors (Lipinski definition) is 2. The summed E-state index contributed by atoms with van der Waals surface area (Å²) >= 11 is 0. The average Bonchev–Trinajstić information content (AvgIpc) is 2.90. The minimum absolute atomic E-state index is 0.0570. The molecule has 0 spiro atoms. The molecule has 4 rings (SSSR count). The van der Waals surface area contributed by atoms with Crippen LogP contribution >= 0.6 is 0 Å². The highest BCUT2D eigenvalue weighted by Crippen LogP contribution is 2.35. The Hall–Kier alpha value is -3.05. The van der Waals surface area contributed by atoms with Crippen molar-refractivity contribution in [2.24, 2.45) is 0 Å². The van der Waals surface area contributed by atoms with Gasteiger partial charge in [0.2, 0.25) is 5.82 Å². The van der Waals surface area contributed by atoms with Gasteiger partial charge >= 0.3 is 0 Å². The van der Waals surface area contributed by atoms with Crippen molar-refractivity contribution in [3.05, 3.63) is 89.8 Å². The van der Waals surface area contributed by atoms with Crippen molar-refractivity contribution in [2.75, 3.05) is 13.2 Å². The SMILES string of the molecule is CC=CCCC1CCC(c2ccc(-c3ccc(-c4ccc(OCCC)c(F)c4F)cc3)cc2F)CO1. The molecular formula is C31H33F3O2. The highest BCUT2D eigenvalue weighted by Gasteiger charge is 2.25. The van der Waals surface area contributed by atoms with Crippen molar-refractivity contribution in [3.8, 4) is 28.0 Å². The molecule has 3 aromatic rings. The molecule has 3 aromatic carbocycles. The van der Waals surface area contributed by atoms with Crippen LogP contribution in [0.25, 0.3) is 22.3 Å². The zero-order valence-electron chi connectivity index (χ0n) is 20.9. The van der Waals surface area contributed by atoms with Crippen molar-refractivity contribution >= 4 is 0 Å². The van der Waals surface area contributed by atoms with E-state index < -0.39 is 11.6 Å². The summed E-state index contributed by atoms with van der Waals surface area (Å²) in [5.41, 5.74) is 2.92. The molecule has 0 bridgehead atoms. The van der Waals surface area contributed by atoms with Crippen LogP contribution in [-0.4, -0.2) is 19.3 Å². The molecule has 2 atom stereocenters. The van der Waals surface area contributed by atoms with Gasteiger partial charge in [-0.05, 0) is 79.5 Å². The van der Waals surface area contributed by atoms with Gasteiger partial charge in [0.15, 0.2) is 11.6 Å². The Kier molecular flexibility index (Phi) is 8.87. The van der Waals surface area contributed by atoms with Gasteiger partial charge in [-0.25, -0.2) is 8.78 Å². The molecule has 0 N–H and O–H groups in total. The first-order valence-corrected chi connectivity index (χ1v) is 12.8. The summed E-state index contributed by atoms with van der Waals surface area (Å²) in [5.74, 6) is -2.20. The number of rotatable bonds is 9. The van der Waals surface area contributed by atoms with Crippen molar-refractivity contribution in [1.82, 2.24) is 0 Å². The van der Waals surface area contributed by atoms with E-state index in [1.807, 2.05) is 26.0 Å². The van der Waals surface area contributed by atoms with Crippen LogP contribution < -0.4 is 4.74 Å². The van der Waals surface area contributed by atoms with E-state index in [0.717, 1.165) is 36.8 Å². The minimum Gasteiger partial charge on any atom is -0.490 e. The number of halogens is 3. The van der Waals surface area contributed by atoms with Crippen LogP contribution in [0, 0.1) is 17.5 Å². The largest absolute Gasteiger partial charge is 0.490 e. The lowest BCUT2D eigenvalue weighted by atomic mass is 9.89. The molecule has 36 heavy (non-hydrogen) atoms. The third kappa shape index (κ3) is 6.01. The molecule has 0 amide bonds. The third-order valence-corrected chi connectivity index (χ3v) is 6.74.